The van der Waals surface area contributed by atoms with Crippen molar-refractivity contribution in [2.75, 3.05) is 59.7 Å². The second-order valence-corrected chi connectivity index (χ2v) is 5.87. The van der Waals surface area contributed by atoms with Crippen LogP contribution < -0.4 is 10.6 Å². The molecule has 0 aromatic rings. The number of aliphatic imine (C=N–C) groups is 1. The number of hydrogen-bond donors (Lipinski definition) is 2. The third-order valence-corrected chi connectivity index (χ3v) is 4.55. The number of nitrogens with one attached hydrogen (secondary N) is 2. The quantitative estimate of drug-likeness (QED) is 0.228. The SMILES string of the molecule is CCOCCNC(=NC)NCC(C(CC)CC)N1CCOCC1.I. The fourth-order valence-electron chi connectivity index (χ4n) is 3.14. The molecule has 0 aliphatic carbocycles. The Kier molecular flexibility index (Phi) is 15.1. The van der Waals surface area contributed by atoms with Gasteiger partial charge in [0.1, 0.15) is 0 Å². The summed E-state index contributed by atoms with van der Waals surface area (Å²) >= 11 is 0. The van der Waals surface area contributed by atoms with Gasteiger partial charge in [-0.3, -0.25) is 9.89 Å². The summed E-state index contributed by atoms with van der Waals surface area (Å²) in [5.74, 6) is 1.55. The highest BCUT2D eigenvalue weighted by atomic mass is 127. The van der Waals surface area contributed by atoms with E-state index in [0.717, 1.165) is 52.0 Å². The zero-order valence-electron chi connectivity index (χ0n) is 15.8. The van der Waals surface area contributed by atoms with E-state index in [1.165, 1.54) is 12.8 Å². The van der Waals surface area contributed by atoms with Gasteiger partial charge in [-0.2, -0.15) is 0 Å². The Balaban J connectivity index is 0.00000529. The summed E-state index contributed by atoms with van der Waals surface area (Å²) in [6.07, 6.45) is 2.41. The molecule has 0 spiro atoms. The molecule has 1 heterocycles. The first-order valence-electron chi connectivity index (χ1n) is 9.10. The van der Waals surface area contributed by atoms with E-state index in [1.807, 2.05) is 14.0 Å². The van der Waals surface area contributed by atoms with E-state index in [2.05, 4.69) is 34.4 Å². The maximum atomic E-state index is 5.51. The van der Waals surface area contributed by atoms with Gasteiger partial charge in [0.2, 0.25) is 0 Å². The van der Waals surface area contributed by atoms with Gasteiger partial charge in [0.25, 0.3) is 0 Å². The molecule has 1 aliphatic heterocycles. The van der Waals surface area contributed by atoms with Crippen LogP contribution in [0, 0.1) is 5.92 Å². The monoisotopic (exact) mass is 456 g/mol. The number of hydrogen-bond acceptors (Lipinski definition) is 4. The van der Waals surface area contributed by atoms with E-state index in [9.17, 15) is 0 Å². The van der Waals surface area contributed by atoms with Gasteiger partial charge in [0.05, 0.1) is 19.8 Å². The van der Waals surface area contributed by atoms with Crippen LogP contribution in [0.2, 0.25) is 0 Å². The summed E-state index contributed by atoms with van der Waals surface area (Å²) in [7, 11) is 1.82. The Bertz CT molecular complexity index is 322. The Morgan fingerprint density at radius 2 is 1.83 bits per heavy atom. The molecular formula is C17H37IN4O2. The van der Waals surface area contributed by atoms with E-state index < -0.39 is 0 Å². The molecule has 1 unspecified atom stereocenters. The first-order chi connectivity index (χ1) is 11.3. The highest BCUT2D eigenvalue weighted by Gasteiger charge is 2.26. The van der Waals surface area contributed by atoms with E-state index in [0.29, 0.717) is 18.6 Å². The van der Waals surface area contributed by atoms with E-state index in [4.69, 9.17) is 9.47 Å². The van der Waals surface area contributed by atoms with Crippen LogP contribution in [0.4, 0.5) is 0 Å². The average molecular weight is 456 g/mol. The van der Waals surface area contributed by atoms with Gasteiger partial charge in [-0.15, -0.1) is 24.0 Å². The molecule has 0 bridgehead atoms. The molecule has 1 aliphatic rings. The molecular weight excluding hydrogens is 419 g/mol. The van der Waals surface area contributed by atoms with Crippen molar-refractivity contribution in [1.82, 2.24) is 15.5 Å². The Morgan fingerprint density at radius 3 is 2.38 bits per heavy atom. The third-order valence-electron chi connectivity index (χ3n) is 4.55. The Hall–Kier alpha value is -0.120. The van der Waals surface area contributed by atoms with Gasteiger partial charge >= 0.3 is 0 Å². The van der Waals surface area contributed by atoms with Crippen LogP contribution in [0.1, 0.15) is 33.6 Å². The second-order valence-electron chi connectivity index (χ2n) is 5.87. The molecule has 0 aromatic heterocycles. The summed E-state index contributed by atoms with van der Waals surface area (Å²) in [5, 5.41) is 6.80. The maximum Gasteiger partial charge on any atom is 0.191 e. The molecule has 1 rings (SSSR count). The van der Waals surface area contributed by atoms with Crippen LogP contribution in [0.5, 0.6) is 0 Å². The summed E-state index contributed by atoms with van der Waals surface area (Å²) in [5.41, 5.74) is 0. The predicted molar refractivity (Wildman–Crippen MR) is 112 cm³/mol. The van der Waals surface area contributed by atoms with Gasteiger partial charge in [0.15, 0.2) is 5.96 Å². The topological polar surface area (TPSA) is 58.1 Å². The Morgan fingerprint density at radius 1 is 1.17 bits per heavy atom. The summed E-state index contributed by atoms with van der Waals surface area (Å²) in [4.78, 5) is 6.88. The molecule has 2 N–H and O–H groups in total. The van der Waals surface area contributed by atoms with Crippen LogP contribution in [-0.4, -0.2) is 76.6 Å². The molecule has 1 fully saturated rings. The lowest BCUT2D eigenvalue weighted by Gasteiger charge is -2.39. The number of ether oxygens (including phenoxy) is 2. The largest absolute Gasteiger partial charge is 0.380 e. The Labute approximate surface area is 165 Å². The third kappa shape index (κ3) is 8.82. The van der Waals surface area contributed by atoms with Crippen molar-refractivity contribution >= 4 is 29.9 Å². The van der Waals surface area contributed by atoms with Crippen molar-refractivity contribution in [3.63, 3.8) is 0 Å². The lowest BCUT2D eigenvalue weighted by atomic mass is 9.92. The van der Waals surface area contributed by atoms with Gasteiger partial charge in [-0.25, -0.2) is 0 Å². The van der Waals surface area contributed by atoms with E-state index >= 15 is 0 Å². The highest BCUT2D eigenvalue weighted by molar-refractivity contribution is 14.0. The van der Waals surface area contributed by atoms with Crippen molar-refractivity contribution in [2.45, 2.75) is 39.7 Å². The first kappa shape index (κ1) is 23.9. The van der Waals surface area contributed by atoms with Crippen molar-refractivity contribution in [3.8, 4) is 0 Å². The van der Waals surface area contributed by atoms with Crippen molar-refractivity contribution in [1.29, 1.82) is 0 Å². The normalized spacial score (nSPS) is 17.5. The van der Waals surface area contributed by atoms with Crippen molar-refractivity contribution in [2.24, 2.45) is 10.9 Å². The van der Waals surface area contributed by atoms with Crippen LogP contribution >= 0.6 is 24.0 Å². The van der Waals surface area contributed by atoms with Gasteiger partial charge < -0.3 is 20.1 Å². The second kappa shape index (κ2) is 15.2. The van der Waals surface area contributed by atoms with Gasteiger partial charge in [0, 0.05) is 45.9 Å². The molecule has 0 aromatic carbocycles. The minimum Gasteiger partial charge on any atom is -0.380 e. The molecule has 144 valence electrons. The lowest BCUT2D eigenvalue weighted by Crippen LogP contribution is -2.53. The van der Waals surface area contributed by atoms with E-state index in [1.54, 1.807) is 0 Å². The van der Waals surface area contributed by atoms with Crippen LogP contribution in [0.25, 0.3) is 0 Å². The van der Waals surface area contributed by atoms with Crippen LogP contribution in [-0.2, 0) is 9.47 Å². The lowest BCUT2D eigenvalue weighted by molar-refractivity contribution is 0.00271. The van der Waals surface area contributed by atoms with Gasteiger partial charge in [-0.05, 0) is 12.8 Å². The average Bonchev–Trinajstić information content (AvgIpc) is 2.61. The standard InChI is InChI=1S/C17H36N4O2.HI/c1-5-15(6-2)16(21-9-12-23-13-10-21)14-20-17(18-4)19-8-11-22-7-3;/h15-16H,5-14H2,1-4H3,(H2,18,19,20);1H. The first-order valence-corrected chi connectivity index (χ1v) is 9.10. The smallest absolute Gasteiger partial charge is 0.191 e. The maximum absolute atomic E-state index is 5.51. The minimum atomic E-state index is 0. The molecule has 1 atom stereocenters. The zero-order chi connectivity index (χ0) is 16.9. The molecule has 0 radical (unpaired) electrons. The summed E-state index contributed by atoms with van der Waals surface area (Å²) in [6, 6.07) is 0.527. The van der Waals surface area contributed by atoms with Crippen LogP contribution in [0.15, 0.2) is 4.99 Å². The number of nitrogens with zero attached hydrogens (tertiary/aromatic N) is 2. The van der Waals surface area contributed by atoms with Crippen molar-refractivity contribution < 1.29 is 9.47 Å². The van der Waals surface area contributed by atoms with Crippen molar-refractivity contribution in [3.05, 3.63) is 0 Å². The number of guanidine groups is 1. The minimum absolute atomic E-state index is 0. The molecule has 0 saturated carbocycles. The fourth-order valence-corrected chi connectivity index (χ4v) is 3.14. The molecule has 1 saturated heterocycles. The fraction of sp³-hybridized carbons (Fsp3) is 0.941. The number of halogens is 1. The highest BCUT2D eigenvalue weighted by Crippen LogP contribution is 2.19. The zero-order valence-corrected chi connectivity index (χ0v) is 18.2. The molecule has 7 heteroatoms. The van der Waals surface area contributed by atoms with Gasteiger partial charge in [-0.1, -0.05) is 26.7 Å². The number of morpholine rings is 1. The van der Waals surface area contributed by atoms with E-state index in [-0.39, 0.29) is 24.0 Å². The molecule has 6 nitrogen and oxygen atoms in total. The predicted octanol–water partition coefficient (Wildman–Crippen LogP) is 1.94. The summed E-state index contributed by atoms with van der Waals surface area (Å²) < 4.78 is 10.9. The molecule has 24 heavy (non-hydrogen) atoms. The van der Waals surface area contributed by atoms with Crippen LogP contribution in [0.3, 0.4) is 0 Å². The number of rotatable bonds is 10. The molecule has 0 amide bonds. The summed E-state index contributed by atoms with van der Waals surface area (Å²) in [6.45, 7) is 13.5.